The molecule has 1 saturated carbocycles. The Labute approximate surface area is 111 Å². The molecule has 0 N–H and O–H groups in total. The van der Waals surface area contributed by atoms with Crippen molar-refractivity contribution >= 4 is 17.3 Å². The van der Waals surface area contributed by atoms with Crippen molar-refractivity contribution in [2.45, 2.75) is 33.3 Å². The van der Waals surface area contributed by atoms with Gasteiger partial charge in [-0.15, -0.1) is 11.3 Å². The second kappa shape index (κ2) is 5.36. The second-order valence-electron chi connectivity index (χ2n) is 4.92. The Kier molecular flexibility index (Phi) is 4.02. The monoisotopic (exact) mass is 269 g/mol. The number of hydrogen-bond donors (Lipinski definition) is 0. The number of thiazole rings is 1. The highest BCUT2D eigenvalue weighted by atomic mass is 32.1. The summed E-state index contributed by atoms with van der Waals surface area (Å²) in [6.45, 7) is 6.46. The number of hydrogen-bond acceptors (Lipinski definition) is 5. The number of carbonyl (C=O) groups excluding carboxylic acids is 1. The van der Waals surface area contributed by atoms with Gasteiger partial charge in [0.1, 0.15) is 16.0 Å². The number of ether oxygens (including phenoxy) is 2. The van der Waals surface area contributed by atoms with Crippen LogP contribution in [-0.4, -0.2) is 24.7 Å². The molecule has 0 aliphatic heterocycles. The minimum absolute atomic E-state index is 0.0845. The van der Waals surface area contributed by atoms with E-state index < -0.39 is 0 Å². The van der Waals surface area contributed by atoms with Gasteiger partial charge in [0.2, 0.25) is 0 Å². The Morgan fingerprint density at radius 2 is 2.28 bits per heavy atom. The number of aromatic nitrogens is 1. The summed E-state index contributed by atoms with van der Waals surface area (Å²) in [5, 5.41) is 0.821. The number of methoxy groups -OCH3 is 1. The van der Waals surface area contributed by atoms with E-state index in [9.17, 15) is 4.79 Å². The molecule has 18 heavy (non-hydrogen) atoms. The van der Waals surface area contributed by atoms with Gasteiger partial charge in [-0.05, 0) is 32.1 Å². The highest BCUT2D eigenvalue weighted by molar-refractivity contribution is 7.13. The number of aryl methyl sites for hydroxylation is 1. The first-order valence-electron chi connectivity index (χ1n) is 6.20. The van der Waals surface area contributed by atoms with Crippen molar-refractivity contribution in [3.63, 3.8) is 0 Å². The molecule has 0 aromatic carbocycles. The highest BCUT2D eigenvalue weighted by Gasteiger charge is 2.34. The molecule has 5 heteroatoms. The Balaban J connectivity index is 1.98. The largest absolute Gasteiger partial charge is 0.461 e. The van der Waals surface area contributed by atoms with Gasteiger partial charge in [0.15, 0.2) is 0 Å². The smallest absolute Gasteiger partial charge is 0.350 e. The first kappa shape index (κ1) is 13.5. The summed E-state index contributed by atoms with van der Waals surface area (Å²) in [4.78, 5) is 16.9. The molecule has 1 aliphatic rings. The SMILES string of the molecule is CO[C@H](C)c1nc(C)c(C(=O)OC[C@H]2C[C@@H]2C)s1. The summed E-state index contributed by atoms with van der Waals surface area (Å²) in [5.74, 6) is 1.00. The fourth-order valence-electron chi connectivity index (χ4n) is 1.76. The highest BCUT2D eigenvalue weighted by Crippen LogP contribution is 2.38. The first-order valence-corrected chi connectivity index (χ1v) is 7.01. The molecule has 0 unspecified atom stereocenters. The van der Waals surface area contributed by atoms with E-state index in [1.54, 1.807) is 7.11 Å². The minimum atomic E-state index is -0.251. The zero-order valence-corrected chi connectivity index (χ0v) is 12.0. The quantitative estimate of drug-likeness (QED) is 0.771. The molecule has 0 saturated heterocycles. The minimum Gasteiger partial charge on any atom is -0.461 e. The predicted molar refractivity (Wildman–Crippen MR) is 69.8 cm³/mol. The van der Waals surface area contributed by atoms with Crippen LogP contribution in [-0.2, 0) is 9.47 Å². The van der Waals surface area contributed by atoms with Crippen LogP contribution in [0.5, 0.6) is 0 Å². The second-order valence-corrected chi connectivity index (χ2v) is 5.95. The molecule has 2 rings (SSSR count). The van der Waals surface area contributed by atoms with Crippen LogP contribution in [0, 0.1) is 18.8 Å². The van der Waals surface area contributed by atoms with Crippen LogP contribution in [0.25, 0.3) is 0 Å². The molecule has 0 amide bonds. The third kappa shape index (κ3) is 2.90. The van der Waals surface area contributed by atoms with E-state index in [0.29, 0.717) is 23.3 Å². The molecule has 1 heterocycles. The zero-order valence-electron chi connectivity index (χ0n) is 11.2. The Bertz CT molecular complexity index is 443. The van der Waals surface area contributed by atoms with Gasteiger partial charge in [0.05, 0.1) is 12.3 Å². The van der Waals surface area contributed by atoms with Crippen molar-refractivity contribution in [2.75, 3.05) is 13.7 Å². The molecule has 3 atom stereocenters. The summed E-state index contributed by atoms with van der Waals surface area (Å²) < 4.78 is 10.5. The Hall–Kier alpha value is -0.940. The number of esters is 1. The van der Waals surface area contributed by atoms with Crippen LogP contribution in [0.3, 0.4) is 0 Å². The molecule has 0 spiro atoms. The number of nitrogens with zero attached hydrogens (tertiary/aromatic N) is 1. The van der Waals surface area contributed by atoms with E-state index in [0.717, 1.165) is 10.7 Å². The summed E-state index contributed by atoms with van der Waals surface area (Å²) in [7, 11) is 1.63. The Morgan fingerprint density at radius 3 is 2.83 bits per heavy atom. The van der Waals surface area contributed by atoms with Gasteiger partial charge in [-0.3, -0.25) is 0 Å². The summed E-state index contributed by atoms with van der Waals surface area (Å²) in [6, 6.07) is 0. The van der Waals surface area contributed by atoms with E-state index in [4.69, 9.17) is 9.47 Å². The van der Waals surface area contributed by atoms with Crippen LogP contribution >= 0.6 is 11.3 Å². The van der Waals surface area contributed by atoms with E-state index in [-0.39, 0.29) is 12.1 Å². The topological polar surface area (TPSA) is 48.4 Å². The van der Waals surface area contributed by atoms with Crippen molar-refractivity contribution in [1.29, 1.82) is 0 Å². The molecule has 1 aliphatic carbocycles. The lowest BCUT2D eigenvalue weighted by atomic mass is 10.3. The third-order valence-electron chi connectivity index (χ3n) is 3.40. The molecule has 0 bridgehead atoms. The fraction of sp³-hybridized carbons (Fsp3) is 0.692. The van der Waals surface area contributed by atoms with Gasteiger partial charge in [0.25, 0.3) is 0 Å². The normalized spacial score (nSPS) is 23.8. The Morgan fingerprint density at radius 1 is 1.61 bits per heavy atom. The van der Waals surface area contributed by atoms with Crippen LogP contribution in [0.1, 0.15) is 46.7 Å². The fourth-order valence-corrected chi connectivity index (χ4v) is 2.75. The molecule has 1 aromatic rings. The van der Waals surface area contributed by atoms with Gasteiger partial charge >= 0.3 is 5.97 Å². The molecule has 4 nitrogen and oxygen atoms in total. The molecular weight excluding hydrogens is 250 g/mol. The van der Waals surface area contributed by atoms with Crippen molar-refractivity contribution in [3.05, 3.63) is 15.6 Å². The molecule has 1 fully saturated rings. The van der Waals surface area contributed by atoms with E-state index in [1.165, 1.54) is 17.8 Å². The lowest BCUT2D eigenvalue weighted by Crippen LogP contribution is -2.07. The van der Waals surface area contributed by atoms with Crippen LogP contribution in [0.15, 0.2) is 0 Å². The summed E-state index contributed by atoms with van der Waals surface area (Å²) >= 11 is 1.36. The lowest BCUT2D eigenvalue weighted by Gasteiger charge is -2.03. The van der Waals surface area contributed by atoms with Crippen LogP contribution in [0.2, 0.25) is 0 Å². The average Bonchev–Trinajstić information content (AvgIpc) is 2.91. The van der Waals surface area contributed by atoms with E-state index >= 15 is 0 Å². The molecule has 100 valence electrons. The lowest BCUT2D eigenvalue weighted by molar-refractivity contribution is 0.0486. The molecule has 0 radical (unpaired) electrons. The van der Waals surface area contributed by atoms with Gasteiger partial charge in [-0.1, -0.05) is 6.92 Å². The summed E-state index contributed by atoms with van der Waals surface area (Å²) in [5.41, 5.74) is 0.729. The van der Waals surface area contributed by atoms with E-state index in [2.05, 4.69) is 11.9 Å². The van der Waals surface area contributed by atoms with Gasteiger partial charge in [-0.25, -0.2) is 9.78 Å². The first-order chi connectivity index (χ1) is 8.52. The van der Waals surface area contributed by atoms with Crippen molar-refractivity contribution in [3.8, 4) is 0 Å². The number of carbonyl (C=O) groups is 1. The van der Waals surface area contributed by atoms with Crippen LogP contribution in [0.4, 0.5) is 0 Å². The van der Waals surface area contributed by atoms with Crippen LogP contribution < -0.4 is 0 Å². The standard InChI is InChI=1S/C13H19NO3S/c1-7-5-10(7)6-17-13(15)11-8(2)14-12(18-11)9(3)16-4/h7,9-10H,5-6H2,1-4H3/t7-,9+,10+/m0/s1. The maximum Gasteiger partial charge on any atom is 0.350 e. The average molecular weight is 269 g/mol. The van der Waals surface area contributed by atoms with Crippen molar-refractivity contribution in [1.82, 2.24) is 4.98 Å². The van der Waals surface area contributed by atoms with E-state index in [1.807, 2.05) is 13.8 Å². The predicted octanol–water partition coefficient (Wildman–Crippen LogP) is 2.97. The summed E-state index contributed by atoms with van der Waals surface area (Å²) in [6.07, 6.45) is 1.08. The van der Waals surface area contributed by atoms with Gasteiger partial charge < -0.3 is 9.47 Å². The third-order valence-corrected chi connectivity index (χ3v) is 4.70. The van der Waals surface area contributed by atoms with Crippen molar-refractivity contribution < 1.29 is 14.3 Å². The van der Waals surface area contributed by atoms with Crippen molar-refractivity contribution in [2.24, 2.45) is 11.8 Å². The van der Waals surface area contributed by atoms with Gasteiger partial charge in [-0.2, -0.15) is 0 Å². The molecular formula is C13H19NO3S. The number of rotatable bonds is 5. The van der Waals surface area contributed by atoms with Gasteiger partial charge in [0, 0.05) is 7.11 Å². The maximum atomic E-state index is 11.9. The zero-order chi connectivity index (χ0) is 13.3. The molecule has 1 aromatic heterocycles. The maximum absolute atomic E-state index is 11.9.